The molecule has 10 heteroatoms. The fourth-order valence-electron chi connectivity index (χ4n) is 3.88. The third-order valence-corrected chi connectivity index (χ3v) is 6.43. The topological polar surface area (TPSA) is 75.9 Å². The summed E-state index contributed by atoms with van der Waals surface area (Å²) in [6.07, 6.45) is 4.07. The Hall–Kier alpha value is -2.82. The SMILES string of the molecule is COc1cc(-c2ccc(F)c(F)c2)c(F)cc1N1CC=CC2=C1CCN(S(N)(=O)=O)C2. The molecule has 2 aliphatic heterocycles. The Bertz CT molecular complexity index is 1210. The predicted molar refractivity (Wildman–Crippen MR) is 111 cm³/mol. The van der Waals surface area contributed by atoms with Crippen LogP contribution in [0, 0.1) is 17.5 Å². The van der Waals surface area contributed by atoms with Crippen molar-refractivity contribution in [2.75, 3.05) is 31.6 Å². The maximum absolute atomic E-state index is 15.0. The molecule has 0 fully saturated rings. The Labute approximate surface area is 178 Å². The lowest BCUT2D eigenvalue weighted by atomic mass is 9.99. The zero-order valence-electron chi connectivity index (χ0n) is 16.6. The second-order valence-corrected chi connectivity index (χ2v) is 8.79. The summed E-state index contributed by atoms with van der Waals surface area (Å²) in [6.45, 7) is 0.771. The number of methoxy groups -OCH3 is 1. The van der Waals surface area contributed by atoms with Gasteiger partial charge in [-0.3, -0.25) is 0 Å². The van der Waals surface area contributed by atoms with Crippen molar-refractivity contribution in [3.8, 4) is 16.9 Å². The molecular formula is C21H20F3N3O3S. The Morgan fingerprint density at radius 2 is 1.84 bits per heavy atom. The Balaban J connectivity index is 1.75. The molecule has 0 spiro atoms. The number of rotatable bonds is 4. The van der Waals surface area contributed by atoms with Gasteiger partial charge >= 0.3 is 0 Å². The van der Waals surface area contributed by atoms with Gasteiger partial charge in [0.2, 0.25) is 0 Å². The third kappa shape index (κ3) is 4.06. The highest BCUT2D eigenvalue weighted by Gasteiger charge is 2.30. The largest absolute Gasteiger partial charge is 0.495 e. The second kappa shape index (κ2) is 8.03. The van der Waals surface area contributed by atoms with Crippen LogP contribution in [0.4, 0.5) is 18.9 Å². The van der Waals surface area contributed by atoms with Gasteiger partial charge in [0.25, 0.3) is 10.2 Å². The monoisotopic (exact) mass is 451 g/mol. The minimum absolute atomic E-state index is 0.0744. The van der Waals surface area contributed by atoms with E-state index in [4.69, 9.17) is 9.88 Å². The molecule has 31 heavy (non-hydrogen) atoms. The van der Waals surface area contributed by atoms with Crippen LogP contribution in [0.15, 0.2) is 53.8 Å². The highest BCUT2D eigenvalue weighted by Crippen LogP contribution is 2.40. The van der Waals surface area contributed by atoms with E-state index in [-0.39, 0.29) is 24.2 Å². The van der Waals surface area contributed by atoms with E-state index >= 15 is 4.39 Å². The van der Waals surface area contributed by atoms with Gasteiger partial charge in [-0.25, -0.2) is 18.3 Å². The zero-order chi connectivity index (χ0) is 22.3. The number of anilines is 1. The van der Waals surface area contributed by atoms with E-state index < -0.39 is 27.7 Å². The van der Waals surface area contributed by atoms with Crippen LogP contribution >= 0.6 is 0 Å². The summed E-state index contributed by atoms with van der Waals surface area (Å²) >= 11 is 0. The van der Waals surface area contributed by atoms with Crippen molar-refractivity contribution in [1.82, 2.24) is 4.31 Å². The fraction of sp³-hybridized carbons (Fsp3) is 0.238. The van der Waals surface area contributed by atoms with E-state index in [2.05, 4.69) is 0 Å². The number of hydrogen-bond acceptors (Lipinski definition) is 4. The van der Waals surface area contributed by atoms with Crippen molar-refractivity contribution < 1.29 is 26.3 Å². The van der Waals surface area contributed by atoms with Gasteiger partial charge in [0.1, 0.15) is 11.6 Å². The Kier molecular flexibility index (Phi) is 5.54. The van der Waals surface area contributed by atoms with Gasteiger partial charge in [-0.05, 0) is 29.3 Å². The van der Waals surface area contributed by atoms with Crippen LogP contribution in [-0.2, 0) is 10.2 Å². The summed E-state index contributed by atoms with van der Waals surface area (Å²) in [5.74, 6) is -2.37. The summed E-state index contributed by atoms with van der Waals surface area (Å²) in [5.41, 5.74) is 2.32. The molecule has 6 nitrogen and oxygen atoms in total. The Morgan fingerprint density at radius 1 is 1.06 bits per heavy atom. The number of nitrogens with zero attached hydrogens (tertiary/aromatic N) is 2. The molecule has 0 bridgehead atoms. The van der Waals surface area contributed by atoms with Gasteiger partial charge in [0.05, 0.1) is 12.8 Å². The molecule has 2 aromatic rings. The van der Waals surface area contributed by atoms with Crippen LogP contribution in [0.2, 0.25) is 0 Å². The highest BCUT2D eigenvalue weighted by atomic mass is 32.2. The van der Waals surface area contributed by atoms with Gasteiger partial charge in [-0.2, -0.15) is 12.7 Å². The molecular weight excluding hydrogens is 431 g/mol. The minimum Gasteiger partial charge on any atom is -0.495 e. The molecule has 2 aromatic carbocycles. The normalized spacial score (nSPS) is 17.1. The molecule has 4 rings (SSSR count). The van der Waals surface area contributed by atoms with Gasteiger partial charge in [-0.15, -0.1) is 0 Å². The molecule has 2 heterocycles. The van der Waals surface area contributed by atoms with Crippen molar-refractivity contribution in [3.05, 3.63) is 71.2 Å². The summed E-state index contributed by atoms with van der Waals surface area (Å²) in [6, 6.07) is 5.89. The van der Waals surface area contributed by atoms with Crippen LogP contribution in [0.5, 0.6) is 5.75 Å². The van der Waals surface area contributed by atoms with E-state index in [0.717, 1.165) is 23.4 Å². The highest BCUT2D eigenvalue weighted by molar-refractivity contribution is 7.86. The van der Waals surface area contributed by atoms with Crippen molar-refractivity contribution in [1.29, 1.82) is 0 Å². The molecule has 164 valence electrons. The predicted octanol–water partition coefficient (Wildman–Crippen LogP) is 3.32. The first kappa shape index (κ1) is 21.4. The number of hydrogen-bond donors (Lipinski definition) is 1. The number of ether oxygens (including phenoxy) is 1. The van der Waals surface area contributed by atoms with Crippen LogP contribution in [0.1, 0.15) is 6.42 Å². The maximum Gasteiger partial charge on any atom is 0.277 e. The number of benzene rings is 2. The summed E-state index contributed by atoms with van der Waals surface area (Å²) in [4.78, 5) is 1.85. The standard InChI is InChI=1S/C21H20F3N3O3S/c1-30-21-10-15(13-4-5-16(22)18(24)9-13)17(23)11-20(21)27-7-2-3-14-12-26(31(25,28)29)8-6-19(14)27/h2-5,9-11H,6-8,12H2,1H3,(H2,25,28,29). The molecule has 0 aliphatic carbocycles. The first-order valence-electron chi connectivity index (χ1n) is 9.46. The van der Waals surface area contributed by atoms with Gasteiger partial charge in [0.15, 0.2) is 11.6 Å². The first-order chi connectivity index (χ1) is 14.7. The van der Waals surface area contributed by atoms with Crippen molar-refractivity contribution in [2.24, 2.45) is 5.14 Å². The van der Waals surface area contributed by atoms with E-state index in [1.54, 1.807) is 0 Å². The lowest BCUT2D eigenvalue weighted by Gasteiger charge is -2.37. The van der Waals surface area contributed by atoms with E-state index in [9.17, 15) is 17.2 Å². The molecule has 0 amide bonds. The molecule has 0 saturated heterocycles. The molecule has 2 N–H and O–H groups in total. The van der Waals surface area contributed by atoms with Crippen molar-refractivity contribution >= 4 is 15.9 Å². The molecule has 0 aromatic heterocycles. The van der Waals surface area contributed by atoms with Crippen LogP contribution in [0.25, 0.3) is 11.1 Å². The zero-order valence-corrected chi connectivity index (χ0v) is 17.4. The summed E-state index contributed by atoms with van der Waals surface area (Å²) in [7, 11) is -2.38. The quantitative estimate of drug-likeness (QED) is 0.774. The second-order valence-electron chi connectivity index (χ2n) is 7.25. The van der Waals surface area contributed by atoms with Crippen molar-refractivity contribution in [3.63, 3.8) is 0 Å². The minimum atomic E-state index is -3.82. The van der Waals surface area contributed by atoms with Crippen LogP contribution in [0.3, 0.4) is 0 Å². The van der Waals surface area contributed by atoms with Crippen LogP contribution < -0.4 is 14.8 Å². The molecule has 0 saturated carbocycles. The van der Waals surface area contributed by atoms with Gasteiger partial charge in [0, 0.05) is 43.4 Å². The fourth-order valence-corrected chi connectivity index (χ4v) is 4.55. The third-order valence-electron chi connectivity index (χ3n) is 5.40. The van der Waals surface area contributed by atoms with E-state index in [1.165, 1.54) is 29.6 Å². The maximum atomic E-state index is 15.0. The smallest absolute Gasteiger partial charge is 0.277 e. The van der Waals surface area contributed by atoms with Crippen molar-refractivity contribution in [2.45, 2.75) is 6.42 Å². The van der Waals surface area contributed by atoms with E-state index in [1.807, 2.05) is 17.1 Å². The summed E-state index contributed by atoms with van der Waals surface area (Å²) in [5, 5.41) is 5.25. The van der Waals surface area contributed by atoms with Crippen LogP contribution in [-0.4, -0.2) is 39.5 Å². The molecule has 0 atom stereocenters. The van der Waals surface area contributed by atoms with Gasteiger partial charge in [-0.1, -0.05) is 18.2 Å². The molecule has 0 radical (unpaired) electrons. The number of nitrogens with two attached hydrogens (primary N) is 1. The number of halogens is 3. The molecule has 2 aliphatic rings. The van der Waals surface area contributed by atoms with Gasteiger partial charge < -0.3 is 9.64 Å². The average Bonchev–Trinajstić information content (AvgIpc) is 2.74. The average molecular weight is 451 g/mol. The Morgan fingerprint density at radius 3 is 2.52 bits per heavy atom. The summed E-state index contributed by atoms with van der Waals surface area (Å²) < 4.78 is 72.0. The lowest BCUT2D eigenvalue weighted by Crippen LogP contribution is -2.44. The lowest BCUT2D eigenvalue weighted by molar-refractivity contribution is 0.410. The van der Waals surface area contributed by atoms with E-state index in [0.29, 0.717) is 24.4 Å². The molecule has 0 unspecified atom stereocenters. The first-order valence-corrected chi connectivity index (χ1v) is 11.0.